The van der Waals surface area contributed by atoms with Crippen molar-refractivity contribution in [2.45, 2.75) is 35.1 Å². The number of nitrogens with one attached hydrogen (secondary N) is 1. The predicted molar refractivity (Wildman–Crippen MR) is 115 cm³/mol. The third-order valence-electron chi connectivity index (χ3n) is 6.09. The summed E-state index contributed by atoms with van der Waals surface area (Å²) in [6, 6.07) is 5.21. The molecule has 3 unspecified atom stereocenters. The molecule has 8 nitrogen and oxygen atoms in total. The molecule has 162 valence electrons. The maximum Gasteiger partial charge on any atom is 0.272 e. The molecule has 1 aromatic heterocycles. The average molecular weight is 451 g/mol. The Kier molecular flexibility index (Phi) is 6.17. The van der Waals surface area contributed by atoms with Gasteiger partial charge in [0.2, 0.25) is 15.9 Å². The summed E-state index contributed by atoms with van der Waals surface area (Å²) in [5.41, 5.74) is 0.390. The Balaban J connectivity index is 1.31. The quantitative estimate of drug-likeness (QED) is 0.674. The van der Waals surface area contributed by atoms with Crippen LogP contribution in [-0.2, 0) is 14.8 Å². The van der Waals surface area contributed by atoms with Crippen molar-refractivity contribution < 1.29 is 18.0 Å². The lowest BCUT2D eigenvalue weighted by Gasteiger charge is -2.33. The van der Waals surface area contributed by atoms with E-state index in [1.54, 1.807) is 45.4 Å². The molecule has 1 aromatic rings. The van der Waals surface area contributed by atoms with Gasteiger partial charge in [-0.3, -0.25) is 14.6 Å². The monoisotopic (exact) mass is 450 g/mol. The van der Waals surface area contributed by atoms with Gasteiger partial charge >= 0.3 is 0 Å². The third kappa shape index (κ3) is 4.26. The molecule has 3 saturated heterocycles. The first-order valence-corrected chi connectivity index (χ1v) is 12.6. The minimum absolute atomic E-state index is 0.0243. The fourth-order valence-corrected chi connectivity index (χ4v) is 8.20. The SMILES string of the molecule is C=CC(=O)NC1CC2CN(S(=O)(=O)C3CCN(C(=O)c4ccccn4)CC3)CC2S1. The Bertz CT molecular complexity index is 902. The first kappa shape index (κ1) is 21.3. The average Bonchev–Trinajstić information content (AvgIpc) is 3.33. The highest BCUT2D eigenvalue weighted by Crippen LogP contribution is 2.43. The van der Waals surface area contributed by atoms with Crippen molar-refractivity contribution in [3.05, 3.63) is 42.7 Å². The molecule has 3 aliphatic rings. The van der Waals surface area contributed by atoms with E-state index in [0.717, 1.165) is 6.42 Å². The van der Waals surface area contributed by atoms with Gasteiger partial charge in [-0.2, -0.15) is 0 Å². The summed E-state index contributed by atoms with van der Waals surface area (Å²) in [5.74, 6) is -0.0826. The van der Waals surface area contributed by atoms with Crippen molar-refractivity contribution in [1.29, 1.82) is 0 Å². The van der Waals surface area contributed by atoms with Gasteiger partial charge in [0, 0.05) is 37.6 Å². The topological polar surface area (TPSA) is 99.7 Å². The number of nitrogens with zero attached hydrogens (tertiary/aromatic N) is 3. The molecule has 4 rings (SSSR count). The number of likely N-dealkylation sites (tertiary alicyclic amines) is 1. The number of sulfonamides is 1. The van der Waals surface area contributed by atoms with Crippen LogP contribution in [0.3, 0.4) is 0 Å². The molecule has 2 amide bonds. The lowest BCUT2D eigenvalue weighted by Crippen LogP contribution is -2.46. The van der Waals surface area contributed by atoms with Crippen molar-refractivity contribution in [3.8, 4) is 0 Å². The molecule has 3 fully saturated rings. The van der Waals surface area contributed by atoms with Gasteiger partial charge in [0.1, 0.15) is 5.69 Å². The highest BCUT2D eigenvalue weighted by Gasteiger charge is 2.47. The molecule has 10 heteroatoms. The largest absolute Gasteiger partial charge is 0.341 e. The van der Waals surface area contributed by atoms with Crippen LogP contribution in [0.15, 0.2) is 37.1 Å². The molecule has 0 aliphatic carbocycles. The van der Waals surface area contributed by atoms with E-state index in [2.05, 4.69) is 16.9 Å². The van der Waals surface area contributed by atoms with Gasteiger partial charge in [-0.05, 0) is 43.4 Å². The Morgan fingerprint density at radius 3 is 2.63 bits per heavy atom. The predicted octanol–water partition coefficient (Wildman–Crippen LogP) is 1.08. The summed E-state index contributed by atoms with van der Waals surface area (Å²) >= 11 is 1.65. The van der Waals surface area contributed by atoms with E-state index in [4.69, 9.17) is 0 Å². The van der Waals surface area contributed by atoms with Gasteiger partial charge in [-0.25, -0.2) is 12.7 Å². The fraction of sp³-hybridized carbons (Fsp3) is 0.550. The number of piperidine rings is 1. The van der Waals surface area contributed by atoms with Gasteiger partial charge in [0.05, 0.1) is 10.6 Å². The van der Waals surface area contributed by atoms with E-state index in [0.29, 0.717) is 44.7 Å². The molecule has 30 heavy (non-hydrogen) atoms. The minimum Gasteiger partial charge on any atom is -0.341 e. The number of hydrogen-bond acceptors (Lipinski definition) is 6. The zero-order chi connectivity index (χ0) is 21.3. The van der Waals surface area contributed by atoms with Crippen LogP contribution in [0.4, 0.5) is 0 Å². The first-order chi connectivity index (χ1) is 14.4. The summed E-state index contributed by atoms with van der Waals surface area (Å²) in [6.07, 6.45) is 4.50. The van der Waals surface area contributed by atoms with Crippen LogP contribution in [0.25, 0.3) is 0 Å². The zero-order valence-electron chi connectivity index (χ0n) is 16.6. The van der Waals surface area contributed by atoms with Crippen molar-refractivity contribution in [1.82, 2.24) is 19.5 Å². The maximum atomic E-state index is 13.2. The molecule has 3 aliphatic heterocycles. The van der Waals surface area contributed by atoms with Gasteiger partial charge in [0.15, 0.2) is 0 Å². The summed E-state index contributed by atoms with van der Waals surface area (Å²) in [7, 11) is -3.40. The lowest BCUT2D eigenvalue weighted by molar-refractivity contribution is -0.116. The second kappa shape index (κ2) is 8.68. The lowest BCUT2D eigenvalue weighted by atomic mass is 10.1. The van der Waals surface area contributed by atoms with Crippen LogP contribution in [-0.4, -0.2) is 76.5 Å². The Morgan fingerprint density at radius 1 is 1.23 bits per heavy atom. The van der Waals surface area contributed by atoms with Crippen molar-refractivity contribution in [2.24, 2.45) is 5.92 Å². The number of hydrogen-bond donors (Lipinski definition) is 1. The second-order valence-electron chi connectivity index (χ2n) is 7.94. The number of thioether (sulfide) groups is 1. The van der Waals surface area contributed by atoms with Crippen molar-refractivity contribution in [3.63, 3.8) is 0 Å². The zero-order valence-corrected chi connectivity index (χ0v) is 18.3. The van der Waals surface area contributed by atoms with E-state index in [1.165, 1.54) is 6.08 Å². The molecule has 1 N–H and O–H groups in total. The molecule has 0 saturated carbocycles. The molecule has 3 atom stereocenters. The molecule has 4 heterocycles. The van der Waals surface area contributed by atoms with E-state index >= 15 is 0 Å². The molecule has 0 spiro atoms. The fourth-order valence-electron chi connectivity index (χ4n) is 4.46. The Hall–Kier alpha value is -1.91. The number of carbonyl (C=O) groups is 2. The van der Waals surface area contributed by atoms with E-state index < -0.39 is 15.3 Å². The minimum atomic E-state index is -3.40. The summed E-state index contributed by atoms with van der Waals surface area (Å²) < 4.78 is 28.0. The number of carbonyl (C=O) groups excluding carboxylic acids is 2. The van der Waals surface area contributed by atoms with Crippen LogP contribution in [0.1, 0.15) is 29.8 Å². The van der Waals surface area contributed by atoms with Crippen LogP contribution in [0, 0.1) is 5.92 Å². The number of aromatic nitrogens is 1. The van der Waals surface area contributed by atoms with Crippen LogP contribution < -0.4 is 5.32 Å². The third-order valence-corrected chi connectivity index (χ3v) is 9.94. The highest BCUT2D eigenvalue weighted by atomic mass is 32.2. The molecular weight excluding hydrogens is 424 g/mol. The van der Waals surface area contributed by atoms with E-state index in [-0.39, 0.29) is 28.4 Å². The van der Waals surface area contributed by atoms with Crippen molar-refractivity contribution >= 4 is 33.6 Å². The van der Waals surface area contributed by atoms with Gasteiger partial charge in [0.25, 0.3) is 5.91 Å². The first-order valence-electron chi connectivity index (χ1n) is 10.2. The molecule has 0 bridgehead atoms. The number of rotatable bonds is 5. The summed E-state index contributed by atoms with van der Waals surface area (Å²) in [5, 5.41) is 2.68. The van der Waals surface area contributed by atoms with Gasteiger partial charge < -0.3 is 10.2 Å². The van der Waals surface area contributed by atoms with E-state index in [1.807, 2.05) is 0 Å². The Labute approximate surface area is 181 Å². The highest BCUT2D eigenvalue weighted by molar-refractivity contribution is 8.00. The molecular formula is C20H26N4O4S2. The van der Waals surface area contributed by atoms with Gasteiger partial charge in [-0.15, -0.1) is 11.8 Å². The number of fused-ring (bicyclic) bond motifs is 1. The second-order valence-corrected chi connectivity index (χ2v) is 11.6. The maximum absolute atomic E-state index is 13.2. The van der Waals surface area contributed by atoms with Crippen LogP contribution in [0.2, 0.25) is 0 Å². The normalized spacial score (nSPS) is 27.6. The Morgan fingerprint density at radius 2 is 2.00 bits per heavy atom. The number of amides is 2. The van der Waals surface area contributed by atoms with E-state index in [9.17, 15) is 18.0 Å². The van der Waals surface area contributed by atoms with Gasteiger partial charge in [-0.1, -0.05) is 12.6 Å². The standard InChI is InChI=1S/C20H26N4O4S2/c1-2-18(25)22-19-11-14-12-24(13-17(14)29-19)30(27,28)15-6-9-23(10-7-15)20(26)16-5-3-4-8-21-16/h2-5,8,14-15,17,19H,1,6-7,9-13H2,(H,22,25). The van der Waals surface area contributed by atoms with Crippen LogP contribution >= 0.6 is 11.8 Å². The smallest absolute Gasteiger partial charge is 0.272 e. The van der Waals surface area contributed by atoms with Crippen LogP contribution in [0.5, 0.6) is 0 Å². The molecule has 0 radical (unpaired) electrons. The summed E-state index contributed by atoms with van der Waals surface area (Å²) in [6.45, 7) is 5.31. The molecule has 0 aromatic carbocycles. The van der Waals surface area contributed by atoms with Crippen molar-refractivity contribution in [2.75, 3.05) is 26.2 Å². The number of pyridine rings is 1. The summed E-state index contributed by atoms with van der Waals surface area (Å²) in [4.78, 5) is 29.8.